The van der Waals surface area contributed by atoms with Gasteiger partial charge >= 0.3 is 5.97 Å². The normalized spacial score (nSPS) is 17.1. The molecule has 0 unspecified atom stereocenters. The lowest BCUT2D eigenvalue weighted by Gasteiger charge is -2.39. The van der Waals surface area contributed by atoms with E-state index in [0.29, 0.717) is 5.82 Å². The topological polar surface area (TPSA) is 100 Å². The van der Waals surface area contributed by atoms with Gasteiger partial charge in [-0.1, -0.05) is 30.3 Å². The first-order valence-corrected chi connectivity index (χ1v) is 7.72. The van der Waals surface area contributed by atoms with Crippen LogP contribution >= 0.6 is 0 Å². The van der Waals surface area contributed by atoms with Crippen LogP contribution in [-0.2, 0) is 27.3 Å². The number of carbonyl (C=O) groups is 2. The molecule has 0 bridgehead atoms. The zero-order chi connectivity index (χ0) is 16.9. The molecule has 1 aromatic heterocycles. The number of carbonyl (C=O) groups excluding carboxylic acids is 2. The van der Waals surface area contributed by atoms with Gasteiger partial charge < -0.3 is 4.74 Å². The molecule has 1 saturated heterocycles. The van der Waals surface area contributed by atoms with Crippen molar-refractivity contribution in [2.45, 2.75) is 25.4 Å². The van der Waals surface area contributed by atoms with Crippen LogP contribution < -0.4 is 5.32 Å². The lowest BCUT2D eigenvalue weighted by molar-refractivity contribution is -0.139. The quantitative estimate of drug-likeness (QED) is 0.758. The van der Waals surface area contributed by atoms with Crippen LogP contribution in [0.5, 0.6) is 0 Å². The average Bonchev–Trinajstić information content (AvgIpc) is 2.99. The highest BCUT2D eigenvalue weighted by Gasteiger charge is 2.34. The fourth-order valence-electron chi connectivity index (χ4n) is 2.58. The van der Waals surface area contributed by atoms with E-state index in [1.165, 1.54) is 12.7 Å². The molecule has 1 fully saturated rings. The van der Waals surface area contributed by atoms with Gasteiger partial charge in [-0.15, -0.1) is 5.10 Å². The number of H-pyrrole nitrogens is 1. The molecule has 3 rings (SSSR count). The average molecular weight is 329 g/mol. The number of ether oxygens (including phenoxy) is 1. The molecular weight excluding hydrogens is 310 g/mol. The Morgan fingerprint density at radius 1 is 1.38 bits per heavy atom. The Balaban J connectivity index is 1.54. The third kappa shape index (κ3) is 3.77. The van der Waals surface area contributed by atoms with E-state index >= 15 is 0 Å². The number of amides is 1. The maximum Gasteiger partial charge on any atom is 0.313 e. The van der Waals surface area contributed by atoms with Gasteiger partial charge in [0.1, 0.15) is 12.2 Å². The highest BCUT2D eigenvalue weighted by molar-refractivity contribution is 5.94. The molecule has 0 spiro atoms. The van der Waals surface area contributed by atoms with Crippen LogP contribution in [0.4, 0.5) is 5.95 Å². The number of hydrogen-bond acceptors (Lipinski definition) is 6. The number of aromatic nitrogens is 3. The summed E-state index contributed by atoms with van der Waals surface area (Å²) in [5.74, 6) is -0.0322. The molecule has 1 amide bonds. The predicted molar refractivity (Wildman–Crippen MR) is 86.0 cm³/mol. The molecule has 0 aliphatic carbocycles. The van der Waals surface area contributed by atoms with E-state index in [0.717, 1.165) is 19.5 Å². The summed E-state index contributed by atoms with van der Waals surface area (Å²) in [7, 11) is 1.30. The predicted octanol–water partition coefficient (Wildman–Crippen LogP) is 0.733. The number of hydrogen-bond donors (Lipinski definition) is 2. The highest BCUT2D eigenvalue weighted by Crippen LogP contribution is 2.21. The van der Waals surface area contributed by atoms with Crippen molar-refractivity contribution < 1.29 is 14.3 Å². The monoisotopic (exact) mass is 329 g/mol. The van der Waals surface area contributed by atoms with Crippen molar-refractivity contribution in [1.29, 1.82) is 0 Å². The maximum absolute atomic E-state index is 12.3. The van der Waals surface area contributed by atoms with Gasteiger partial charge in [-0.3, -0.25) is 24.9 Å². The lowest BCUT2D eigenvalue weighted by atomic mass is 10.0. The number of anilines is 1. The fraction of sp³-hybridized carbons (Fsp3) is 0.375. The first kappa shape index (κ1) is 16.1. The van der Waals surface area contributed by atoms with Crippen molar-refractivity contribution in [3.05, 3.63) is 41.7 Å². The Bertz CT molecular complexity index is 716. The molecule has 1 aliphatic rings. The second-order valence-corrected chi connectivity index (χ2v) is 5.61. The maximum atomic E-state index is 12.3. The van der Waals surface area contributed by atoms with Crippen molar-refractivity contribution in [2.75, 3.05) is 19.0 Å². The summed E-state index contributed by atoms with van der Waals surface area (Å²) in [6.45, 7) is 1.62. The second kappa shape index (κ2) is 7.22. The zero-order valence-electron chi connectivity index (χ0n) is 13.4. The number of nitrogens with zero attached hydrogens (tertiary/aromatic N) is 3. The largest absolute Gasteiger partial charge is 0.469 e. The zero-order valence-corrected chi connectivity index (χ0v) is 13.4. The van der Waals surface area contributed by atoms with E-state index < -0.39 is 5.97 Å². The number of rotatable bonds is 6. The van der Waals surface area contributed by atoms with E-state index in [1.807, 2.05) is 30.3 Å². The summed E-state index contributed by atoms with van der Waals surface area (Å²) in [4.78, 5) is 29.7. The van der Waals surface area contributed by atoms with E-state index in [9.17, 15) is 9.59 Å². The highest BCUT2D eigenvalue weighted by atomic mass is 16.5. The summed E-state index contributed by atoms with van der Waals surface area (Å²) in [6, 6.07) is 9.84. The smallest absolute Gasteiger partial charge is 0.313 e. The molecule has 2 aromatic rings. The van der Waals surface area contributed by atoms with Crippen molar-refractivity contribution >= 4 is 17.8 Å². The van der Waals surface area contributed by atoms with Crippen LogP contribution in [0, 0.1) is 0 Å². The van der Waals surface area contributed by atoms with Gasteiger partial charge in [0, 0.05) is 13.1 Å². The Morgan fingerprint density at radius 2 is 2.17 bits per heavy atom. The molecular formula is C16H19N5O3. The molecule has 1 aromatic carbocycles. The third-order valence-corrected chi connectivity index (χ3v) is 3.97. The van der Waals surface area contributed by atoms with E-state index in [1.54, 1.807) is 0 Å². The van der Waals surface area contributed by atoms with Crippen molar-refractivity contribution in [3.63, 3.8) is 0 Å². The number of methoxy groups -OCH3 is 1. The number of likely N-dealkylation sites (tertiary alicyclic amines) is 1. The second-order valence-electron chi connectivity index (χ2n) is 5.61. The molecule has 8 nitrogen and oxygen atoms in total. The molecule has 2 N–H and O–H groups in total. The van der Waals surface area contributed by atoms with Crippen LogP contribution in [0.15, 0.2) is 30.3 Å². The van der Waals surface area contributed by atoms with Crippen LogP contribution in [0.3, 0.4) is 0 Å². The minimum atomic E-state index is -0.419. The Hall–Kier alpha value is -2.74. The molecule has 0 saturated carbocycles. The fourth-order valence-corrected chi connectivity index (χ4v) is 2.58. The van der Waals surface area contributed by atoms with Crippen LogP contribution in [0.2, 0.25) is 0 Å². The van der Waals surface area contributed by atoms with Gasteiger partial charge in [0.25, 0.3) is 0 Å². The molecule has 0 radical (unpaired) electrons. The first-order chi connectivity index (χ1) is 11.7. The molecule has 8 heteroatoms. The Morgan fingerprint density at radius 3 is 2.83 bits per heavy atom. The number of benzene rings is 1. The van der Waals surface area contributed by atoms with Crippen LogP contribution in [-0.4, -0.2) is 51.7 Å². The van der Waals surface area contributed by atoms with Gasteiger partial charge in [0.15, 0.2) is 0 Å². The van der Waals surface area contributed by atoms with Crippen molar-refractivity contribution in [1.82, 2.24) is 20.1 Å². The summed E-state index contributed by atoms with van der Waals surface area (Å²) >= 11 is 0. The summed E-state index contributed by atoms with van der Waals surface area (Å²) in [5.41, 5.74) is 1.17. The van der Waals surface area contributed by atoms with Gasteiger partial charge in [0.2, 0.25) is 11.9 Å². The number of nitrogens with one attached hydrogen (secondary N) is 2. The van der Waals surface area contributed by atoms with Crippen LogP contribution in [0.1, 0.15) is 17.8 Å². The van der Waals surface area contributed by atoms with Crippen molar-refractivity contribution in [3.8, 4) is 0 Å². The molecule has 2 heterocycles. The third-order valence-electron chi connectivity index (χ3n) is 3.97. The molecule has 24 heavy (non-hydrogen) atoms. The Labute approximate surface area is 139 Å². The number of aromatic amines is 1. The van der Waals surface area contributed by atoms with Crippen LogP contribution in [0.25, 0.3) is 0 Å². The van der Waals surface area contributed by atoms with Crippen molar-refractivity contribution in [2.24, 2.45) is 0 Å². The molecule has 1 aliphatic heterocycles. The van der Waals surface area contributed by atoms with E-state index in [4.69, 9.17) is 0 Å². The SMILES string of the molecule is COC(=O)Cc1nc(NC(=O)[C@@H]2CCN2Cc2ccccc2)n[nH]1. The minimum absolute atomic E-state index is 0.0110. The molecule has 1 atom stereocenters. The van der Waals surface area contributed by atoms with E-state index in [-0.39, 0.29) is 24.3 Å². The summed E-state index contributed by atoms with van der Waals surface area (Å²) < 4.78 is 4.56. The van der Waals surface area contributed by atoms with E-state index in [2.05, 4.69) is 30.1 Å². The van der Waals surface area contributed by atoms with Gasteiger partial charge in [-0.05, 0) is 12.0 Å². The van der Waals surface area contributed by atoms with Gasteiger partial charge in [-0.2, -0.15) is 4.98 Å². The first-order valence-electron chi connectivity index (χ1n) is 7.72. The Kier molecular flexibility index (Phi) is 4.85. The summed E-state index contributed by atoms with van der Waals surface area (Å²) in [5, 5.41) is 9.20. The number of esters is 1. The molecule has 126 valence electrons. The van der Waals surface area contributed by atoms with Gasteiger partial charge in [-0.25, -0.2) is 0 Å². The van der Waals surface area contributed by atoms with Gasteiger partial charge in [0.05, 0.1) is 13.2 Å². The standard InChI is InChI=1S/C16H19N5O3/c1-24-14(22)9-13-17-16(20-19-13)18-15(23)12-7-8-21(12)10-11-5-3-2-4-6-11/h2-6,12H,7-10H2,1H3,(H2,17,18,19,20,23)/t12-/m0/s1. The lowest BCUT2D eigenvalue weighted by Crippen LogP contribution is -2.53. The minimum Gasteiger partial charge on any atom is -0.469 e. The summed E-state index contributed by atoms with van der Waals surface area (Å²) in [6.07, 6.45) is 0.793.